The summed E-state index contributed by atoms with van der Waals surface area (Å²) in [5.41, 5.74) is 6.19. The number of rotatable bonds is 6. The van der Waals surface area contributed by atoms with Crippen molar-refractivity contribution in [2.24, 2.45) is 11.7 Å². The second-order valence-electron chi connectivity index (χ2n) is 8.01. The molecule has 1 saturated heterocycles. The summed E-state index contributed by atoms with van der Waals surface area (Å²) < 4.78 is 13.3. The van der Waals surface area contributed by atoms with E-state index in [2.05, 4.69) is 4.90 Å². The second-order valence-corrected chi connectivity index (χ2v) is 8.42. The van der Waals surface area contributed by atoms with Gasteiger partial charge in [0, 0.05) is 42.7 Å². The number of likely N-dealkylation sites (tertiary alicyclic amines) is 1. The molecule has 1 aliphatic heterocycles. The first-order valence-corrected chi connectivity index (χ1v) is 10.0. The zero-order chi connectivity index (χ0) is 21.2. The van der Waals surface area contributed by atoms with Gasteiger partial charge >= 0.3 is 0 Å². The van der Waals surface area contributed by atoms with E-state index in [-0.39, 0.29) is 11.7 Å². The first-order chi connectivity index (χ1) is 13.7. The topological polar surface area (TPSA) is 69.8 Å². The summed E-state index contributed by atoms with van der Waals surface area (Å²) in [7, 11) is 3.91. The van der Waals surface area contributed by atoms with E-state index >= 15 is 0 Å². The number of piperidine rings is 1. The first kappa shape index (κ1) is 21.7. The van der Waals surface area contributed by atoms with Crippen molar-refractivity contribution >= 4 is 17.5 Å². The van der Waals surface area contributed by atoms with Gasteiger partial charge < -0.3 is 15.7 Å². The quantitative estimate of drug-likeness (QED) is 0.755. The third-order valence-corrected chi connectivity index (χ3v) is 5.97. The largest absolute Gasteiger partial charge is 0.385 e. The molecule has 1 heterocycles. The zero-order valence-corrected chi connectivity index (χ0v) is 17.5. The number of primary amides is 1. The number of nitrogens with zero attached hydrogens (tertiary/aromatic N) is 2. The average Bonchev–Trinajstić information content (AvgIpc) is 2.66. The van der Waals surface area contributed by atoms with Gasteiger partial charge in [-0.15, -0.1) is 0 Å². The Hall–Kier alpha value is -1.99. The zero-order valence-electron chi connectivity index (χ0n) is 16.7. The van der Waals surface area contributed by atoms with Crippen molar-refractivity contribution in [3.8, 4) is 0 Å². The van der Waals surface area contributed by atoms with Crippen LogP contribution in [0.25, 0.3) is 0 Å². The highest BCUT2D eigenvalue weighted by Gasteiger charge is 2.44. The van der Waals surface area contributed by atoms with Gasteiger partial charge in [-0.1, -0.05) is 35.9 Å². The summed E-state index contributed by atoms with van der Waals surface area (Å²) in [6.07, 6.45) is 0.453. The molecule has 0 spiro atoms. The monoisotopic (exact) mass is 419 g/mol. The SMILES string of the molecule is CN(C)CC1CN(Cc2ccc(F)cc2Cl)CCC1(O)c1ccccc1C(N)=O. The van der Waals surface area contributed by atoms with E-state index in [0.29, 0.717) is 48.7 Å². The molecular formula is C22H27ClFN3O2. The molecule has 2 unspecified atom stereocenters. The summed E-state index contributed by atoms with van der Waals surface area (Å²) in [5.74, 6) is -1.05. The third-order valence-electron chi connectivity index (χ3n) is 5.62. The lowest BCUT2D eigenvalue weighted by Crippen LogP contribution is -2.53. The van der Waals surface area contributed by atoms with Gasteiger partial charge in [-0.3, -0.25) is 9.69 Å². The van der Waals surface area contributed by atoms with Crippen molar-refractivity contribution in [2.75, 3.05) is 33.7 Å². The van der Waals surface area contributed by atoms with Crippen LogP contribution in [0.3, 0.4) is 0 Å². The summed E-state index contributed by atoms with van der Waals surface area (Å²) in [6, 6.07) is 11.4. The molecule has 1 aliphatic rings. The Kier molecular flexibility index (Phi) is 6.58. The van der Waals surface area contributed by atoms with Gasteiger partial charge in [-0.2, -0.15) is 0 Å². The number of benzene rings is 2. The van der Waals surface area contributed by atoms with E-state index in [4.69, 9.17) is 17.3 Å². The lowest BCUT2D eigenvalue weighted by molar-refractivity contribution is -0.0865. The maximum Gasteiger partial charge on any atom is 0.249 e. The molecule has 3 rings (SSSR count). The van der Waals surface area contributed by atoms with Gasteiger partial charge in [0.15, 0.2) is 0 Å². The summed E-state index contributed by atoms with van der Waals surface area (Å²) in [6.45, 7) is 2.42. The van der Waals surface area contributed by atoms with E-state index in [0.717, 1.165) is 5.56 Å². The third kappa shape index (κ3) is 4.78. The van der Waals surface area contributed by atoms with Crippen LogP contribution in [0.2, 0.25) is 5.02 Å². The predicted octanol–water partition coefficient (Wildman–Crippen LogP) is 2.85. The smallest absolute Gasteiger partial charge is 0.249 e. The average molecular weight is 420 g/mol. The Morgan fingerprint density at radius 2 is 2.07 bits per heavy atom. The van der Waals surface area contributed by atoms with Crippen LogP contribution < -0.4 is 5.73 Å². The number of nitrogens with two attached hydrogens (primary N) is 1. The molecule has 29 heavy (non-hydrogen) atoms. The number of halogens is 2. The fourth-order valence-corrected chi connectivity index (χ4v) is 4.43. The molecule has 2 aromatic carbocycles. The molecule has 0 aromatic heterocycles. The molecular weight excluding hydrogens is 393 g/mol. The number of hydrogen-bond donors (Lipinski definition) is 2. The molecule has 0 radical (unpaired) electrons. The van der Waals surface area contributed by atoms with Crippen molar-refractivity contribution in [2.45, 2.75) is 18.6 Å². The summed E-state index contributed by atoms with van der Waals surface area (Å²) in [4.78, 5) is 16.2. The number of hydrogen-bond acceptors (Lipinski definition) is 4. The maximum atomic E-state index is 13.3. The Labute approximate surface area is 175 Å². The minimum atomic E-state index is -1.17. The highest BCUT2D eigenvalue weighted by Crippen LogP contribution is 2.40. The van der Waals surface area contributed by atoms with Crippen LogP contribution in [-0.2, 0) is 12.1 Å². The lowest BCUT2D eigenvalue weighted by atomic mass is 9.74. The van der Waals surface area contributed by atoms with E-state index in [1.165, 1.54) is 12.1 Å². The highest BCUT2D eigenvalue weighted by atomic mass is 35.5. The lowest BCUT2D eigenvalue weighted by Gasteiger charge is -2.46. The Morgan fingerprint density at radius 1 is 1.34 bits per heavy atom. The number of amides is 1. The Balaban J connectivity index is 1.88. The van der Waals surface area contributed by atoms with Gasteiger partial charge in [0.25, 0.3) is 0 Å². The molecule has 0 bridgehead atoms. The number of aliphatic hydroxyl groups is 1. The van der Waals surface area contributed by atoms with Crippen molar-refractivity contribution in [3.05, 3.63) is 70.0 Å². The van der Waals surface area contributed by atoms with Gasteiger partial charge in [-0.05, 0) is 49.8 Å². The molecule has 2 aromatic rings. The second kappa shape index (κ2) is 8.79. The van der Waals surface area contributed by atoms with Crippen LogP contribution in [0.5, 0.6) is 0 Å². The molecule has 3 N–H and O–H groups in total. The molecule has 156 valence electrons. The van der Waals surface area contributed by atoms with Crippen LogP contribution in [-0.4, -0.2) is 54.5 Å². The molecule has 1 amide bonds. The van der Waals surface area contributed by atoms with Crippen LogP contribution in [0.1, 0.15) is 27.9 Å². The normalized spacial score (nSPS) is 22.8. The Bertz CT molecular complexity index is 892. The molecule has 7 heteroatoms. The van der Waals surface area contributed by atoms with E-state index in [1.54, 1.807) is 24.3 Å². The van der Waals surface area contributed by atoms with Crippen LogP contribution >= 0.6 is 11.6 Å². The van der Waals surface area contributed by atoms with Crippen LogP contribution in [0.4, 0.5) is 4.39 Å². The van der Waals surface area contributed by atoms with Crippen molar-refractivity contribution in [1.29, 1.82) is 0 Å². The van der Waals surface area contributed by atoms with Gasteiger partial charge in [0.2, 0.25) is 5.91 Å². The fourth-order valence-electron chi connectivity index (χ4n) is 4.20. The maximum absolute atomic E-state index is 13.3. The highest BCUT2D eigenvalue weighted by molar-refractivity contribution is 6.31. The molecule has 2 atom stereocenters. The number of carbonyl (C=O) groups is 1. The molecule has 1 fully saturated rings. The van der Waals surface area contributed by atoms with Crippen LogP contribution in [0, 0.1) is 11.7 Å². The van der Waals surface area contributed by atoms with Crippen LogP contribution in [0.15, 0.2) is 42.5 Å². The minimum Gasteiger partial charge on any atom is -0.385 e. The standard InChI is InChI=1S/C22H27ClFN3O2/c1-26(2)13-16-14-27(12-15-7-8-17(24)11-20(15)23)10-9-22(16,29)19-6-4-3-5-18(19)21(25)28/h3-8,11,16,29H,9-10,12-14H2,1-2H3,(H2,25,28). The van der Waals surface area contributed by atoms with Crippen molar-refractivity contribution in [1.82, 2.24) is 9.80 Å². The van der Waals surface area contributed by atoms with Gasteiger partial charge in [-0.25, -0.2) is 4.39 Å². The summed E-state index contributed by atoms with van der Waals surface area (Å²) >= 11 is 6.20. The van der Waals surface area contributed by atoms with Gasteiger partial charge in [0.05, 0.1) is 5.60 Å². The van der Waals surface area contributed by atoms with Gasteiger partial charge in [0.1, 0.15) is 5.82 Å². The summed E-state index contributed by atoms with van der Waals surface area (Å²) in [5, 5.41) is 12.1. The van der Waals surface area contributed by atoms with Crippen molar-refractivity contribution in [3.63, 3.8) is 0 Å². The predicted molar refractivity (Wildman–Crippen MR) is 112 cm³/mol. The van der Waals surface area contributed by atoms with E-state index < -0.39 is 11.5 Å². The van der Waals surface area contributed by atoms with Crippen molar-refractivity contribution < 1.29 is 14.3 Å². The molecule has 0 saturated carbocycles. The first-order valence-electron chi connectivity index (χ1n) is 9.63. The Morgan fingerprint density at radius 3 is 2.72 bits per heavy atom. The minimum absolute atomic E-state index is 0.147. The molecule has 5 nitrogen and oxygen atoms in total. The fraction of sp³-hybridized carbons (Fsp3) is 0.409. The van der Waals surface area contributed by atoms with E-state index in [1.807, 2.05) is 25.1 Å². The molecule has 0 aliphatic carbocycles. The number of carbonyl (C=O) groups excluding carboxylic acids is 1. The van der Waals surface area contributed by atoms with E-state index in [9.17, 15) is 14.3 Å².